The zero-order chi connectivity index (χ0) is 17.1. The lowest BCUT2D eigenvalue weighted by atomic mass is 10.0. The third-order valence-corrected chi connectivity index (χ3v) is 4.26. The molecule has 2 aliphatic heterocycles. The Morgan fingerprint density at radius 2 is 1.71 bits per heavy atom. The van der Waals surface area contributed by atoms with Crippen LogP contribution in [0.2, 0.25) is 0 Å². The minimum atomic E-state index is -0.173. The summed E-state index contributed by atoms with van der Waals surface area (Å²) in [5.41, 5.74) is 0.562. The highest BCUT2D eigenvalue weighted by Crippen LogP contribution is 2.24. The summed E-state index contributed by atoms with van der Waals surface area (Å²) in [7, 11) is 1.61. The summed E-state index contributed by atoms with van der Waals surface area (Å²) >= 11 is 0. The van der Waals surface area contributed by atoms with E-state index in [0.717, 1.165) is 0 Å². The lowest BCUT2D eigenvalue weighted by Crippen LogP contribution is -2.62. The maximum Gasteiger partial charge on any atom is 0.254 e. The van der Waals surface area contributed by atoms with E-state index in [4.69, 9.17) is 9.47 Å². The van der Waals surface area contributed by atoms with Gasteiger partial charge in [-0.1, -0.05) is 0 Å². The number of imide groups is 1. The molecule has 2 fully saturated rings. The fraction of sp³-hybridized carbons (Fsp3) is 0.471. The molecule has 0 bridgehead atoms. The fourth-order valence-electron chi connectivity index (χ4n) is 2.90. The molecule has 7 heteroatoms. The van der Waals surface area contributed by atoms with Crippen LogP contribution in [-0.4, -0.2) is 67.0 Å². The molecule has 7 nitrogen and oxygen atoms in total. The van der Waals surface area contributed by atoms with E-state index in [1.807, 2.05) is 0 Å². The van der Waals surface area contributed by atoms with Crippen molar-refractivity contribution < 1.29 is 23.9 Å². The number of ether oxygens (including phenoxy) is 2. The van der Waals surface area contributed by atoms with Gasteiger partial charge in [0.25, 0.3) is 5.91 Å². The Morgan fingerprint density at radius 3 is 2.29 bits per heavy atom. The van der Waals surface area contributed by atoms with Crippen LogP contribution in [0, 0.1) is 0 Å². The van der Waals surface area contributed by atoms with E-state index >= 15 is 0 Å². The van der Waals surface area contributed by atoms with Crippen molar-refractivity contribution in [1.29, 1.82) is 0 Å². The lowest BCUT2D eigenvalue weighted by molar-refractivity contribution is -0.144. The Labute approximate surface area is 140 Å². The first kappa shape index (κ1) is 16.4. The molecule has 0 N–H and O–H groups in total. The van der Waals surface area contributed by atoms with Crippen molar-refractivity contribution in [3.8, 4) is 5.75 Å². The zero-order valence-electron chi connectivity index (χ0n) is 13.6. The lowest BCUT2D eigenvalue weighted by Gasteiger charge is -2.43. The summed E-state index contributed by atoms with van der Waals surface area (Å²) < 4.78 is 10.4. The summed E-state index contributed by atoms with van der Waals surface area (Å²) in [5.74, 6) is 0.316. The van der Waals surface area contributed by atoms with E-state index in [1.54, 1.807) is 36.3 Å². The van der Waals surface area contributed by atoms with Crippen molar-refractivity contribution in [1.82, 2.24) is 9.80 Å². The van der Waals surface area contributed by atoms with E-state index in [9.17, 15) is 14.4 Å². The van der Waals surface area contributed by atoms with Crippen LogP contribution in [0.4, 0.5) is 0 Å². The molecule has 2 heterocycles. The predicted molar refractivity (Wildman–Crippen MR) is 84.6 cm³/mol. The van der Waals surface area contributed by atoms with Crippen molar-refractivity contribution in [2.75, 3.05) is 33.4 Å². The predicted octanol–water partition coefficient (Wildman–Crippen LogP) is 0.685. The number of benzene rings is 1. The maximum atomic E-state index is 12.4. The van der Waals surface area contributed by atoms with Gasteiger partial charge in [0.1, 0.15) is 12.4 Å². The number of hydrogen-bond donors (Lipinski definition) is 0. The van der Waals surface area contributed by atoms with E-state index in [2.05, 4.69) is 0 Å². The van der Waals surface area contributed by atoms with Crippen molar-refractivity contribution in [2.24, 2.45) is 0 Å². The Bertz CT molecular complexity index is 621. The second-order valence-electron chi connectivity index (χ2n) is 5.89. The van der Waals surface area contributed by atoms with Gasteiger partial charge in [0.2, 0.25) is 11.8 Å². The summed E-state index contributed by atoms with van der Waals surface area (Å²) in [6.45, 7) is 1.77. The second-order valence-corrected chi connectivity index (χ2v) is 5.89. The van der Waals surface area contributed by atoms with Gasteiger partial charge in [0, 0.05) is 38.6 Å². The van der Waals surface area contributed by atoms with Crippen LogP contribution >= 0.6 is 0 Å². The number of likely N-dealkylation sites (tertiary alicyclic amines) is 2. The van der Waals surface area contributed by atoms with Crippen molar-refractivity contribution in [3.05, 3.63) is 29.8 Å². The van der Waals surface area contributed by atoms with E-state index < -0.39 is 0 Å². The van der Waals surface area contributed by atoms with Gasteiger partial charge < -0.3 is 14.4 Å². The van der Waals surface area contributed by atoms with E-state index in [0.29, 0.717) is 37.6 Å². The topological polar surface area (TPSA) is 76.2 Å². The molecule has 24 heavy (non-hydrogen) atoms. The standard InChI is InChI=1S/C17H20N2O5/c1-23-8-9-24-14-4-2-12(3-5-14)17(22)18-10-13(11-18)19-15(20)6-7-16(19)21/h2-5,13H,6-11H2,1H3. The Balaban J connectivity index is 1.53. The van der Waals surface area contributed by atoms with Crippen LogP contribution in [-0.2, 0) is 14.3 Å². The smallest absolute Gasteiger partial charge is 0.254 e. The van der Waals surface area contributed by atoms with Crippen LogP contribution in [0.25, 0.3) is 0 Å². The third kappa shape index (κ3) is 3.26. The summed E-state index contributed by atoms with van der Waals surface area (Å²) in [6, 6.07) is 6.74. The molecule has 0 saturated carbocycles. The molecule has 0 atom stereocenters. The monoisotopic (exact) mass is 332 g/mol. The number of carbonyl (C=O) groups excluding carboxylic acids is 3. The molecule has 1 aromatic carbocycles. The molecule has 0 aromatic heterocycles. The SMILES string of the molecule is COCCOc1ccc(C(=O)N2CC(N3C(=O)CCC3=O)C2)cc1. The Kier molecular flexibility index (Phi) is 4.80. The minimum Gasteiger partial charge on any atom is -0.491 e. The van der Waals surface area contributed by atoms with E-state index in [-0.39, 0.29) is 36.6 Å². The highest BCUT2D eigenvalue weighted by Gasteiger charge is 2.42. The highest BCUT2D eigenvalue weighted by atomic mass is 16.5. The summed E-state index contributed by atoms with van der Waals surface area (Å²) in [6.07, 6.45) is 0.571. The second kappa shape index (κ2) is 7.00. The molecule has 0 radical (unpaired) electrons. The molecule has 1 aromatic rings. The van der Waals surface area contributed by atoms with Crippen LogP contribution in [0.1, 0.15) is 23.2 Å². The third-order valence-electron chi connectivity index (χ3n) is 4.26. The van der Waals surface area contributed by atoms with Crippen LogP contribution in [0.5, 0.6) is 5.75 Å². The first-order valence-electron chi connectivity index (χ1n) is 7.96. The fourth-order valence-corrected chi connectivity index (χ4v) is 2.90. The molecule has 0 aliphatic carbocycles. The number of amides is 3. The molecular formula is C17H20N2O5. The van der Waals surface area contributed by atoms with Gasteiger partial charge in [-0.3, -0.25) is 19.3 Å². The highest BCUT2D eigenvalue weighted by molar-refractivity contribution is 6.03. The Morgan fingerprint density at radius 1 is 1.08 bits per heavy atom. The zero-order valence-corrected chi connectivity index (χ0v) is 13.6. The van der Waals surface area contributed by atoms with Gasteiger partial charge in [-0.05, 0) is 24.3 Å². The quantitative estimate of drug-likeness (QED) is 0.566. The van der Waals surface area contributed by atoms with Gasteiger partial charge in [0.05, 0.1) is 12.6 Å². The Hall–Kier alpha value is -2.41. The summed E-state index contributed by atoms with van der Waals surface area (Å²) in [4.78, 5) is 38.7. The van der Waals surface area contributed by atoms with Crippen molar-refractivity contribution in [2.45, 2.75) is 18.9 Å². The molecule has 128 valence electrons. The minimum absolute atomic E-state index is 0.103. The van der Waals surface area contributed by atoms with Gasteiger partial charge >= 0.3 is 0 Å². The van der Waals surface area contributed by atoms with Gasteiger partial charge in [-0.15, -0.1) is 0 Å². The summed E-state index contributed by atoms with van der Waals surface area (Å²) in [5, 5.41) is 0. The number of methoxy groups -OCH3 is 1. The van der Waals surface area contributed by atoms with Gasteiger partial charge in [-0.2, -0.15) is 0 Å². The molecule has 3 rings (SSSR count). The van der Waals surface area contributed by atoms with E-state index in [1.165, 1.54) is 4.90 Å². The van der Waals surface area contributed by atoms with Crippen molar-refractivity contribution >= 4 is 17.7 Å². The average Bonchev–Trinajstić information content (AvgIpc) is 2.87. The van der Waals surface area contributed by atoms with Gasteiger partial charge in [0.15, 0.2) is 0 Å². The molecule has 3 amide bonds. The molecule has 0 unspecified atom stereocenters. The molecule has 0 spiro atoms. The first-order valence-corrected chi connectivity index (χ1v) is 7.96. The van der Waals surface area contributed by atoms with Gasteiger partial charge in [-0.25, -0.2) is 0 Å². The number of carbonyl (C=O) groups is 3. The number of hydrogen-bond acceptors (Lipinski definition) is 5. The maximum absolute atomic E-state index is 12.4. The average molecular weight is 332 g/mol. The van der Waals surface area contributed by atoms with Crippen LogP contribution in [0.15, 0.2) is 24.3 Å². The largest absolute Gasteiger partial charge is 0.491 e. The molecule has 2 aliphatic rings. The molecule has 2 saturated heterocycles. The normalized spacial score (nSPS) is 18.0. The first-order chi connectivity index (χ1) is 11.6. The van der Waals surface area contributed by atoms with Crippen LogP contribution < -0.4 is 4.74 Å². The van der Waals surface area contributed by atoms with Crippen molar-refractivity contribution in [3.63, 3.8) is 0 Å². The molecular weight excluding hydrogens is 312 g/mol. The van der Waals surface area contributed by atoms with Crippen LogP contribution in [0.3, 0.4) is 0 Å². The number of nitrogens with zero attached hydrogens (tertiary/aromatic N) is 2. The number of rotatable bonds is 6.